The predicted octanol–water partition coefficient (Wildman–Crippen LogP) is 9.97. The highest BCUT2D eigenvalue weighted by Gasteiger charge is 2.60. The van der Waals surface area contributed by atoms with Crippen LogP contribution in [0.4, 0.5) is 0 Å². The van der Waals surface area contributed by atoms with Crippen molar-refractivity contribution < 1.29 is 31.8 Å². The molecule has 4 saturated carbocycles. The topological polar surface area (TPSA) is 83.3 Å². The van der Waals surface area contributed by atoms with Crippen molar-refractivity contribution in [2.45, 2.75) is 149 Å². The lowest BCUT2D eigenvalue weighted by Crippen LogP contribution is -2.46. The van der Waals surface area contributed by atoms with Crippen molar-refractivity contribution in [2.24, 2.45) is 46.3 Å². The number of hydrogen-bond acceptors (Lipinski definition) is 8. The highest BCUT2D eigenvalue weighted by Crippen LogP contribution is 2.60. The molecular formula is C44H66ClN2O6S2-. The summed E-state index contributed by atoms with van der Waals surface area (Å²) in [7, 11) is 0. The molecule has 0 aromatic carbocycles. The maximum Gasteiger partial charge on any atom is 0.182 e. The third kappa shape index (κ3) is 8.83. The lowest BCUT2D eigenvalue weighted by atomic mass is 9.57. The van der Waals surface area contributed by atoms with Crippen LogP contribution in [0, 0.1) is 46.3 Å². The van der Waals surface area contributed by atoms with Crippen LogP contribution in [0.25, 0.3) is 0 Å². The highest BCUT2D eigenvalue weighted by atomic mass is 35.5. The Kier molecular flexibility index (Phi) is 14.2. The van der Waals surface area contributed by atoms with Crippen LogP contribution in [-0.2, 0) is 42.7 Å². The fourth-order valence-electron chi connectivity index (χ4n) is 13.5. The largest absolute Gasteiger partial charge is 0.750 e. The van der Waals surface area contributed by atoms with Crippen molar-refractivity contribution >= 4 is 41.6 Å². The van der Waals surface area contributed by atoms with E-state index in [0.717, 1.165) is 67.5 Å². The summed E-state index contributed by atoms with van der Waals surface area (Å²) >= 11 is 9.33. The second kappa shape index (κ2) is 18.5. The molecule has 5 aliphatic carbocycles. The number of hydrogen-bond donors (Lipinski definition) is 0. The minimum atomic E-state index is -2.48. The van der Waals surface area contributed by atoms with Gasteiger partial charge in [0.2, 0.25) is 0 Å². The van der Waals surface area contributed by atoms with Gasteiger partial charge in [0, 0.05) is 53.6 Å². The van der Waals surface area contributed by atoms with Gasteiger partial charge < -0.3 is 30.9 Å². The molecule has 5 fully saturated rings. The van der Waals surface area contributed by atoms with Crippen LogP contribution in [0.3, 0.4) is 0 Å². The smallest absolute Gasteiger partial charge is 0.182 e. The van der Waals surface area contributed by atoms with Gasteiger partial charge in [-0.1, -0.05) is 81.2 Å². The van der Waals surface area contributed by atoms with Crippen molar-refractivity contribution in [3.05, 3.63) is 46.2 Å². The first-order chi connectivity index (χ1) is 26.5. The molecule has 0 radical (unpaired) electrons. The van der Waals surface area contributed by atoms with Crippen molar-refractivity contribution in [2.75, 3.05) is 26.3 Å². The van der Waals surface area contributed by atoms with E-state index in [1.54, 1.807) is 0 Å². The van der Waals surface area contributed by atoms with E-state index in [9.17, 15) is 8.76 Å². The maximum atomic E-state index is 11.1. The molecule has 11 heteroatoms. The standard InChI is InChI=1S/C44H67ClN2O6S2/c1-43(2)38(46(26-10-28-50-52-53-54)36-22-18-30-12-5-7-16-34(30)40(36)43)24-20-32-14-9-15-33(42(32)45)21-25-39-44(3,4)41-35-17-8-6-13-31(35)19-23-37(41)47(39)27-11-29-51-55(48)49/h20-21,24-25,30-31,34-37,40-41H,5-19,22-23,26-29H2,1-4H3,(H-,48,49,54)/p-1. The molecule has 0 spiro atoms. The van der Waals surface area contributed by atoms with Crippen LogP contribution in [-0.4, -0.2) is 62.3 Å². The number of rotatable bonds is 14. The molecule has 0 aromatic rings. The lowest BCUT2D eigenvalue weighted by molar-refractivity contribution is -0.571. The molecule has 0 amide bonds. The van der Waals surface area contributed by atoms with Crippen molar-refractivity contribution in [1.29, 1.82) is 0 Å². The molecule has 9 atom stereocenters. The number of fused-ring (bicyclic) bond motifs is 6. The van der Waals surface area contributed by atoms with Gasteiger partial charge in [-0.3, -0.25) is 0 Å². The van der Waals surface area contributed by atoms with Gasteiger partial charge in [0.15, 0.2) is 11.8 Å². The van der Waals surface area contributed by atoms with Gasteiger partial charge in [-0.25, -0.2) is 13.7 Å². The maximum absolute atomic E-state index is 11.1. The Morgan fingerprint density at radius 3 is 2.29 bits per heavy atom. The molecule has 0 aromatic heterocycles. The van der Waals surface area contributed by atoms with Crippen molar-refractivity contribution in [3.63, 3.8) is 0 Å². The van der Waals surface area contributed by atoms with Gasteiger partial charge >= 0.3 is 0 Å². The van der Waals surface area contributed by atoms with Gasteiger partial charge in [-0.15, -0.1) is 0 Å². The molecule has 2 aliphatic heterocycles. The second-order valence-electron chi connectivity index (χ2n) is 18.9. The number of allylic oxidation sites excluding steroid dienone is 8. The average Bonchev–Trinajstić information content (AvgIpc) is 3.53. The Balaban J connectivity index is 1.17. The molecule has 0 bridgehead atoms. The molecule has 308 valence electrons. The predicted molar refractivity (Wildman–Crippen MR) is 220 cm³/mol. The number of halogens is 1. The molecule has 2 heterocycles. The van der Waals surface area contributed by atoms with Gasteiger partial charge in [-0.2, -0.15) is 0 Å². The zero-order valence-corrected chi connectivity index (χ0v) is 36.2. The lowest BCUT2D eigenvalue weighted by Gasteiger charge is -2.47. The quantitative estimate of drug-likeness (QED) is 0.0428. The van der Waals surface area contributed by atoms with E-state index >= 15 is 0 Å². The SMILES string of the molecule is CC1(C)C(/C=C/C2=C(Cl)C(=C/C=C3/N(CCCOS(=O)[O-])C4CCC5CCCCC5C4C3(C)C)/CCC2)=[N+](CCCOOO[S-])C2CCC3CCCCC3C21. The molecule has 7 rings (SSSR count). The molecule has 7 aliphatic rings. The molecule has 55 heavy (non-hydrogen) atoms. The van der Waals surface area contributed by atoms with Crippen LogP contribution in [0.1, 0.15) is 137 Å². The van der Waals surface area contributed by atoms with E-state index in [0.29, 0.717) is 36.9 Å². The van der Waals surface area contributed by atoms with Gasteiger partial charge in [0.1, 0.15) is 6.54 Å². The molecule has 8 nitrogen and oxygen atoms in total. The van der Waals surface area contributed by atoms with Crippen LogP contribution < -0.4 is 0 Å². The Bertz CT molecular complexity index is 1560. The van der Waals surface area contributed by atoms with Crippen LogP contribution in [0.5, 0.6) is 0 Å². The summed E-state index contributed by atoms with van der Waals surface area (Å²) in [5.74, 6) is 4.51. The normalized spacial score (nSPS) is 36.4. The number of likely N-dealkylation sites (tertiary alicyclic amines) is 1. The zero-order valence-electron chi connectivity index (χ0n) is 33.8. The fraction of sp³-hybridized carbons (Fsp3) is 0.795. The Morgan fingerprint density at radius 1 is 0.855 bits per heavy atom. The third-order valence-electron chi connectivity index (χ3n) is 15.5. The summed E-state index contributed by atoms with van der Waals surface area (Å²) in [4.78, 5) is 7.78. The second-order valence-corrected chi connectivity index (χ2v) is 20.1. The summed E-state index contributed by atoms with van der Waals surface area (Å²) in [6.07, 6.45) is 30.1. The summed E-state index contributed by atoms with van der Waals surface area (Å²) in [6, 6.07) is 1.03. The van der Waals surface area contributed by atoms with Crippen molar-refractivity contribution in [3.8, 4) is 0 Å². The monoisotopic (exact) mass is 817 g/mol. The van der Waals surface area contributed by atoms with Gasteiger partial charge in [0.25, 0.3) is 0 Å². The Labute approximate surface area is 344 Å². The first-order valence-corrected chi connectivity index (χ1v) is 23.4. The van der Waals surface area contributed by atoms with E-state index < -0.39 is 11.4 Å². The van der Waals surface area contributed by atoms with Crippen LogP contribution in [0.15, 0.2) is 46.2 Å². The van der Waals surface area contributed by atoms with Gasteiger partial charge in [0.05, 0.1) is 30.0 Å². The zero-order chi connectivity index (χ0) is 38.7. The number of nitrogens with zero attached hydrogens (tertiary/aromatic N) is 2. The van der Waals surface area contributed by atoms with Gasteiger partial charge in [-0.05, 0) is 118 Å². The summed E-state index contributed by atoms with van der Waals surface area (Å²) in [6.45, 7) is 12.3. The Morgan fingerprint density at radius 2 is 1.56 bits per heavy atom. The average molecular weight is 819 g/mol. The third-order valence-corrected chi connectivity index (χ3v) is 16.4. The highest BCUT2D eigenvalue weighted by molar-refractivity contribution is 7.74. The van der Waals surface area contributed by atoms with Crippen LogP contribution >= 0.6 is 11.6 Å². The molecule has 1 saturated heterocycles. The Hall–Kier alpha value is -0.980. The molecular weight excluding hydrogens is 752 g/mol. The van der Waals surface area contributed by atoms with E-state index in [1.165, 1.54) is 99.6 Å². The fourth-order valence-corrected chi connectivity index (χ4v) is 14.1. The molecule has 9 unspecified atom stereocenters. The van der Waals surface area contributed by atoms with E-state index in [4.69, 9.17) is 20.7 Å². The van der Waals surface area contributed by atoms with E-state index in [1.807, 2.05) is 0 Å². The first kappa shape index (κ1) is 42.2. The van der Waals surface area contributed by atoms with Crippen LogP contribution in [0.2, 0.25) is 0 Å². The molecule has 0 N–H and O–H groups in total. The van der Waals surface area contributed by atoms with Crippen molar-refractivity contribution in [1.82, 2.24) is 4.90 Å². The van der Waals surface area contributed by atoms with E-state index in [-0.39, 0.29) is 17.4 Å². The summed E-state index contributed by atoms with van der Waals surface area (Å²) in [5.41, 5.74) is 5.35. The minimum Gasteiger partial charge on any atom is -0.750 e. The first-order valence-electron chi connectivity index (χ1n) is 21.7. The summed E-state index contributed by atoms with van der Waals surface area (Å²) in [5, 5.41) is 5.46. The summed E-state index contributed by atoms with van der Waals surface area (Å²) < 4.78 is 34.2. The van der Waals surface area contributed by atoms with E-state index in [2.05, 4.69) is 83.8 Å². The minimum absolute atomic E-state index is 0.0238.